The number of pyridine rings is 2. The molecule has 0 spiro atoms. The van der Waals surface area contributed by atoms with Gasteiger partial charge in [0.15, 0.2) is 0 Å². The van der Waals surface area contributed by atoms with Gasteiger partial charge < -0.3 is 10.6 Å². The van der Waals surface area contributed by atoms with Crippen LogP contribution in [0.3, 0.4) is 0 Å². The van der Waals surface area contributed by atoms with E-state index < -0.39 is 0 Å². The van der Waals surface area contributed by atoms with Crippen molar-refractivity contribution in [2.75, 3.05) is 17.7 Å². The van der Waals surface area contributed by atoms with Gasteiger partial charge in [-0.1, -0.05) is 11.8 Å². The SMILES string of the molecule is CNc1ncc(C#Cc2ccc(-n3ncccc3=O)cc2)c2cc(NC(=O)C3CC3)ncc12. The summed E-state index contributed by atoms with van der Waals surface area (Å²) in [6.07, 6.45) is 6.82. The second-order valence-corrected chi connectivity index (χ2v) is 7.72. The van der Waals surface area contributed by atoms with Crippen molar-refractivity contribution >= 4 is 28.3 Å². The highest BCUT2D eigenvalue weighted by molar-refractivity contribution is 5.99. The van der Waals surface area contributed by atoms with E-state index in [1.165, 1.54) is 10.7 Å². The predicted molar refractivity (Wildman–Crippen MR) is 126 cm³/mol. The molecular weight excluding hydrogens is 416 g/mol. The van der Waals surface area contributed by atoms with Crippen LogP contribution in [0.1, 0.15) is 24.0 Å². The average molecular weight is 436 g/mol. The molecule has 0 aliphatic heterocycles. The Balaban J connectivity index is 1.48. The monoisotopic (exact) mass is 436 g/mol. The maximum Gasteiger partial charge on any atom is 0.271 e. The Labute approximate surface area is 189 Å². The van der Waals surface area contributed by atoms with Gasteiger partial charge in [-0.2, -0.15) is 9.78 Å². The fourth-order valence-corrected chi connectivity index (χ4v) is 3.45. The van der Waals surface area contributed by atoms with Gasteiger partial charge in [0.25, 0.3) is 5.56 Å². The first-order chi connectivity index (χ1) is 16.1. The third-order valence-electron chi connectivity index (χ3n) is 5.38. The number of nitrogens with one attached hydrogen (secondary N) is 2. The number of rotatable bonds is 4. The van der Waals surface area contributed by atoms with Crippen LogP contribution in [-0.4, -0.2) is 32.7 Å². The van der Waals surface area contributed by atoms with Crippen molar-refractivity contribution in [2.45, 2.75) is 12.8 Å². The van der Waals surface area contributed by atoms with Crippen molar-refractivity contribution < 1.29 is 4.79 Å². The van der Waals surface area contributed by atoms with Crippen LogP contribution in [-0.2, 0) is 4.79 Å². The molecule has 4 aromatic rings. The lowest BCUT2D eigenvalue weighted by atomic mass is 10.1. The van der Waals surface area contributed by atoms with Crippen LogP contribution < -0.4 is 16.2 Å². The van der Waals surface area contributed by atoms with Crippen LogP contribution in [0.15, 0.2) is 65.8 Å². The molecule has 2 N–H and O–H groups in total. The molecule has 0 unspecified atom stereocenters. The molecule has 3 aromatic heterocycles. The Morgan fingerprint density at radius 3 is 2.61 bits per heavy atom. The Morgan fingerprint density at radius 1 is 1.06 bits per heavy atom. The number of anilines is 2. The van der Waals surface area contributed by atoms with Gasteiger partial charge in [0, 0.05) is 54.0 Å². The number of carbonyl (C=O) groups excluding carboxylic acids is 1. The van der Waals surface area contributed by atoms with Crippen molar-refractivity contribution in [3.63, 3.8) is 0 Å². The summed E-state index contributed by atoms with van der Waals surface area (Å²) < 4.78 is 1.33. The van der Waals surface area contributed by atoms with E-state index in [1.807, 2.05) is 18.2 Å². The van der Waals surface area contributed by atoms with Gasteiger partial charge in [-0.05, 0) is 49.2 Å². The van der Waals surface area contributed by atoms with E-state index in [0.717, 1.165) is 34.7 Å². The van der Waals surface area contributed by atoms with Crippen molar-refractivity contribution in [2.24, 2.45) is 5.92 Å². The number of benzene rings is 1. The van der Waals surface area contributed by atoms with Gasteiger partial charge in [-0.15, -0.1) is 0 Å². The lowest BCUT2D eigenvalue weighted by Gasteiger charge is -2.09. The third kappa shape index (κ3) is 4.29. The minimum atomic E-state index is -0.198. The zero-order valence-electron chi connectivity index (χ0n) is 17.9. The summed E-state index contributed by atoms with van der Waals surface area (Å²) in [7, 11) is 1.80. The quantitative estimate of drug-likeness (QED) is 0.477. The molecule has 0 bridgehead atoms. The van der Waals surface area contributed by atoms with E-state index in [-0.39, 0.29) is 17.4 Å². The van der Waals surface area contributed by atoms with E-state index in [1.54, 1.807) is 43.8 Å². The molecule has 0 saturated heterocycles. The van der Waals surface area contributed by atoms with Crippen LogP contribution in [0.25, 0.3) is 16.5 Å². The summed E-state index contributed by atoms with van der Waals surface area (Å²) in [4.78, 5) is 32.9. The minimum Gasteiger partial charge on any atom is -0.373 e. The first kappa shape index (κ1) is 20.4. The van der Waals surface area contributed by atoms with Crippen molar-refractivity contribution in [3.8, 4) is 17.5 Å². The molecule has 0 atom stereocenters. The lowest BCUT2D eigenvalue weighted by Crippen LogP contribution is -2.18. The number of nitrogens with zero attached hydrogens (tertiary/aromatic N) is 4. The van der Waals surface area contributed by atoms with E-state index in [4.69, 9.17) is 0 Å². The molecule has 8 nitrogen and oxygen atoms in total. The molecule has 1 fully saturated rings. The van der Waals surface area contributed by atoms with Crippen LogP contribution in [0.2, 0.25) is 0 Å². The van der Waals surface area contributed by atoms with E-state index in [9.17, 15) is 9.59 Å². The van der Waals surface area contributed by atoms with Gasteiger partial charge in [0.1, 0.15) is 11.6 Å². The topological polar surface area (TPSA) is 102 Å². The van der Waals surface area contributed by atoms with Gasteiger partial charge in [0.2, 0.25) is 5.91 Å². The first-order valence-corrected chi connectivity index (χ1v) is 10.6. The minimum absolute atomic E-state index is 0.00415. The summed E-state index contributed by atoms with van der Waals surface area (Å²) in [5.41, 5.74) is 1.97. The van der Waals surface area contributed by atoms with E-state index in [2.05, 4.69) is 37.5 Å². The molecule has 0 radical (unpaired) electrons. The molecule has 33 heavy (non-hydrogen) atoms. The van der Waals surface area contributed by atoms with Gasteiger partial charge in [0.05, 0.1) is 11.3 Å². The number of carbonyl (C=O) groups is 1. The zero-order chi connectivity index (χ0) is 22.8. The predicted octanol–water partition coefficient (Wildman–Crippen LogP) is 2.97. The van der Waals surface area contributed by atoms with Gasteiger partial charge in [-0.3, -0.25) is 9.59 Å². The van der Waals surface area contributed by atoms with Crippen molar-refractivity contribution in [3.05, 3.63) is 82.5 Å². The Hall–Kier alpha value is -4.51. The van der Waals surface area contributed by atoms with Crippen LogP contribution in [0.4, 0.5) is 11.6 Å². The summed E-state index contributed by atoms with van der Waals surface area (Å²) in [6.45, 7) is 0. The summed E-state index contributed by atoms with van der Waals surface area (Å²) >= 11 is 0. The molecule has 1 aliphatic carbocycles. The standard InChI is InChI=1S/C25H20N6O2/c1-26-24-21-15-27-22(30-25(33)17-8-9-17)13-20(21)18(14-28-24)7-4-16-5-10-19(11-6-16)31-23(32)3-2-12-29-31/h2-3,5-6,10-15,17H,8-9H2,1H3,(H,26,28)(H,27,30,33). The van der Waals surface area contributed by atoms with E-state index >= 15 is 0 Å². The highest BCUT2D eigenvalue weighted by atomic mass is 16.2. The molecule has 8 heteroatoms. The maximum atomic E-state index is 12.2. The maximum absolute atomic E-state index is 12.2. The molecule has 1 saturated carbocycles. The summed E-state index contributed by atoms with van der Waals surface area (Å²) in [5, 5.41) is 11.7. The van der Waals surface area contributed by atoms with Gasteiger partial charge in [-0.25, -0.2) is 9.97 Å². The number of amides is 1. The average Bonchev–Trinajstić information content (AvgIpc) is 3.69. The third-order valence-corrected chi connectivity index (χ3v) is 5.38. The fraction of sp³-hybridized carbons (Fsp3) is 0.160. The highest BCUT2D eigenvalue weighted by Crippen LogP contribution is 2.31. The molecule has 3 heterocycles. The van der Waals surface area contributed by atoms with Crippen molar-refractivity contribution in [1.29, 1.82) is 0 Å². The van der Waals surface area contributed by atoms with Gasteiger partial charge >= 0.3 is 0 Å². The normalized spacial score (nSPS) is 12.6. The molecule has 1 aliphatic rings. The fourth-order valence-electron chi connectivity index (χ4n) is 3.45. The summed E-state index contributed by atoms with van der Waals surface area (Å²) in [6, 6.07) is 12.2. The summed E-state index contributed by atoms with van der Waals surface area (Å²) in [5.74, 6) is 7.61. The Kier molecular flexibility index (Phi) is 5.29. The van der Waals surface area contributed by atoms with Crippen LogP contribution in [0.5, 0.6) is 0 Å². The number of aromatic nitrogens is 4. The Bertz CT molecular complexity index is 1480. The smallest absolute Gasteiger partial charge is 0.271 e. The number of hydrogen-bond donors (Lipinski definition) is 2. The number of hydrogen-bond acceptors (Lipinski definition) is 6. The second kappa shape index (κ2) is 8.55. The zero-order valence-corrected chi connectivity index (χ0v) is 17.9. The highest BCUT2D eigenvalue weighted by Gasteiger charge is 2.29. The molecule has 1 amide bonds. The molecule has 1 aromatic carbocycles. The van der Waals surface area contributed by atoms with Crippen LogP contribution in [0, 0.1) is 17.8 Å². The molecule has 162 valence electrons. The van der Waals surface area contributed by atoms with Crippen LogP contribution >= 0.6 is 0 Å². The van der Waals surface area contributed by atoms with E-state index in [0.29, 0.717) is 17.3 Å². The van der Waals surface area contributed by atoms with Crippen molar-refractivity contribution in [1.82, 2.24) is 19.7 Å². The first-order valence-electron chi connectivity index (χ1n) is 10.6. The Morgan fingerprint density at radius 2 is 1.88 bits per heavy atom. The number of fused-ring (bicyclic) bond motifs is 1. The molecular formula is C25H20N6O2. The lowest BCUT2D eigenvalue weighted by molar-refractivity contribution is -0.117. The molecule has 5 rings (SSSR count). The largest absolute Gasteiger partial charge is 0.373 e. The second-order valence-electron chi connectivity index (χ2n) is 7.72.